The van der Waals surface area contributed by atoms with Crippen molar-refractivity contribution >= 4 is 23.6 Å². The number of amides is 2. The molecule has 0 bridgehead atoms. The summed E-state index contributed by atoms with van der Waals surface area (Å²) in [5.41, 5.74) is 1.03. The van der Waals surface area contributed by atoms with E-state index in [1.165, 1.54) is 30.8 Å². The van der Waals surface area contributed by atoms with Crippen LogP contribution in [0.3, 0.4) is 0 Å². The highest BCUT2D eigenvalue weighted by atomic mass is 32.2. The van der Waals surface area contributed by atoms with Gasteiger partial charge in [0.1, 0.15) is 11.9 Å². The van der Waals surface area contributed by atoms with Gasteiger partial charge in [-0.05, 0) is 43.9 Å². The number of rotatable bonds is 10. The largest absolute Gasteiger partial charge is 0.344 e. The molecule has 2 aromatic carbocycles. The third kappa shape index (κ3) is 8.25. The van der Waals surface area contributed by atoms with Crippen molar-refractivity contribution in [1.82, 2.24) is 15.1 Å². The predicted molar refractivity (Wildman–Crippen MR) is 115 cm³/mol. The van der Waals surface area contributed by atoms with Crippen molar-refractivity contribution in [3.63, 3.8) is 0 Å². The maximum atomic E-state index is 13.3. The van der Waals surface area contributed by atoms with Crippen molar-refractivity contribution < 1.29 is 14.0 Å². The molecule has 0 spiro atoms. The molecule has 1 N–H and O–H groups in total. The fourth-order valence-corrected chi connectivity index (χ4v) is 3.66. The van der Waals surface area contributed by atoms with Gasteiger partial charge in [0.05, 0.1) is 0 Å². The highest BCUT2D eigenvalue weighted by Crippen LogP contribution is 2.20. The van der Waals surface area contributed by atoms with E-state index in [4.69, 9.17) is 0 Å². The standard InChI is InChI=1S/C22H28FN3O2S/c1-17(27)24-21(16-29-20-11-9-19(23)10-12-20)22(28)26(14-13-25(2)3)15-18-7-5-4-6-8-18/h4-12,21H,13-16H2,1-3H3,(H,24,27). The van der Waals surface area contributed by atoms with Crippen LogP contribution in [-0.2, 0) is 16.1 Å². The van der Waals surface area contributed by atoms with Gasteiger partial charge in [0, 0.05) is 37.2 Å². The highest BCUT2D eigenvalue weighted by Gasteiger charge is 2.25. The Bertz CT molecular complexity index is 784. The van der Waals surface area contributed by atoms with Gasteiger partial charge in [-0.25, -0.2) is 4.39 Å². The molecule has 0 aliphatic heterocycles. The van der Waals surface area contributed by atoms with Crippen molar-refractivity contribution in [3.05, 3.63) is 66.0 Å². The van der Waals surface area contributed by atoms with Gasteiger partial charge < -0.3 is 15.1 Å². The van der Waals surface area contributed by atoms with Crippen molar-refractivity contribution in [2.45, 2.75) is 24.4 Å². The molecule has 0 aromatic heterocycles. The van der Waals surface area contributed by atoms with Gasteiger partial charge in [0.15, 0.2) is 0 Å². The fraction of sp³-hybridized carbons (Fsp3) is 0.364. The van der Waals surface area contributed by atoms with Gasteiger partial charge in [-0.15, -0.1) is 11.8 Å². The first-order chi connectivity index (χ1) is 13.8. The smallest absolute Gasteiger partial charge is 0.246 e. The van der Waals surface area contributed by atoms with Crippen LogP contribution in [0.25, 0.3) is 0 Å². The summed E-state index contributed by atoms with van der Waals surface area (Å²) in [6, 6.07) is 15.2. The summed E-state index contributed by atoms with van der Waals surface area (Å²) in [5, 5.41) is 2.78. The Morgan fingerprint density at radius 2 is 1.69 bits per heavy atom. The second-order valence-corrected chi connectivity index (χ2v) is 8.16. The molecule has 0 fully saturated rings. The molecule has 5 nitrogen and oxygen atoms in total. The third-order valence-corrected chi connectivity index (χ3v) is 5.36. The maximum Gasteiger partial charge on any atom is 0.246 e. The maximum absolute atomic E-state index is 13.3. The van der Waals surface area contributed by atoms with Crippen LogP contribution in [0.5, 0.6) is 0 Å². The van der Waals surface area contributed by atoms with Gasteiger partial charge in [-0.1, -0.05) is 30.3 Å². The molecule has 29 heavy (non-hydrogen) atoms. The number of likely N-dealkylation sites (N-methyl/N-ethyl adjacent to an activating group) is 1. The second-order valence-electron chi connectivity index (χ2n) is 7.07. The number of thioether (sulfide) groups is 1. The van der Waals surface area contributed by atoms with Gasteiger partial charge in [-0.2, -0.15) is 0 Å². The molecule has 0 heterocycles. The van der Waals surface area contributed by atoms with Gasteiger partial charge in [-0.3, -0.25) is 9.59 Å². The number of benzene rings is 2. The number of carbonyl (C=O) groups is 2. The molecular weight excluding hydrogens is 389 g/mol. The van der Waals surface area contributed by atoms with Crippen molar-refractivity contribution in [2.24, 2.45) is 0 Å². The molecule has 0 aliphatic rings. The third-order valence-electron chi connectivity index (χ3n) is 4.25. The lowest BCUT2D eigenvalue weighted by Gasteiger charge is -2.29. The average molecular weight is 418 g/mol. The van der Waals surface area contributed by atoms with Gasteiger partial charge in [0.25, 0.3) is 0 Å². The number of hydrogen-bond acceptors (Lipinski definition) is 4. The number of nitrogens with one attached hydrogen (secondary N) is 1. The van der Waals surface area contributed by atoms with E-state index in [1.807, 2.05) is 49.3 Å². The van der Waals surface area contributed by atoms with E-state index in [-0.39, 0.29) is 17.6 Å². The van der Waals surface area contributed by atoms with E-state index < -0.39 is 6.04 Å². The van der Waals surface area contributed by atoms with Crippen molar-refractivity contribution in [1.29, 1.82) is 0 Å². The lowest BCUT2D eigenvalue weighted by molar-refractivity contribution is -0.136. The van der Waals surface area contributed by atoms with Gasteiger partial charge in [0.2, 0.25) is 11.8 Å². The minimum Gasteiger partial charge on any atom is -0.344 e. The molecule has 0 radical (unpaired) electrons. The molecular formula is C22H28FN3O2S. The SMILES string of the molecule is CC(=O)NC(CSc1ccc(F)cc1)C(=O)N(CCN(C)C)Cc1ccccc1. The topological polar surface area (TPSA) is 52.7 Å². The monoisotopic (exact) mass is 417 g/mol. The van der Waals surface area contributed by atoms with Crippen LogP contribution >= 0.6 is 11.8 Å². The first-order valence-electron chi connectivity index (χ1n) is 9.48. The number of hydrogen-bond donors (Lipinski definition) is 1. The Labute approximate surface area is 176 Å². The Hall–Kier alpha value is -2.38. The van der Waals surface area contributed by atoms with E-state index in [1.54, 1.807) is 17.0 Å². The molecule has 2 aromatic rings. The van der Waals surface area contributed by atoms with E-state index in [0.29, 0.717) is 18.8 Å². The lowest BCUT2D eigenvalue weighted by Crippen LogP contribution is -2.50. The quantitative estimate of drug-likeness (QED) is 0.604. The number of halogens is 1. The van der Waals surface area contributed by atoms with Crippen molar-refractivity contribution in [2.75, 3.05) is 32.9 Å². The molecule has 0 saturated carbocycles. The highest BCUT2D eigenvalue weighted by molar-refractivity contribution is 7.99. The number of carbonyl (C=O) groups excluding carboxylic acids is 2. The first kappa shape index (κ1) is 22.9. The zero-order valence-corrected chi connectivity index (χ0v) is 17.9. The van der Waals surface area contributed by atoms with Crippen LogP contribution in [0, 0.1) is 5.82 Å². The summed E-state index contributed by atoms with van der Waals surface area (Å²) in [5.74, 6) is -0.311. The Balaban J connectivity index is 2.13. The van der Waals surface area contributed by atoms with Crippen LogP contribution in [0.2, 0.25) is 0 Å². The zero-order valence-electron chi connectivity index (χ0n) is 17.1. The van der Waals surface area contributed by atoms with Crippen LogP contribution in [-0.4, -0.2) is 60.6 Å². The molecule has 2 rings (SSSR count). The molecule has 1 unspecified atom stereocenters. The van der Waals surface area contributed by atoms with Crippen LogP contribution in [0.1, 0.15) is 12.5 Å². The van der Waals surface area contributed by atoms with E-state index in [2.05, 4.69) is 5.32 Å². The molecule has 156 valence electrons. The lowest BCUT2D eigenvalue weighted by atomic mass is 10.2. The summed E-state index contributed by atoms with van der Waals surface area (Å²) in [6.45, 7) is 3.16. The summed E-state index contributed by atoms with van der Waals surface area (Å²) < 4.78 is 13.1. The first-order valence-corrected chi connectivity index (χ1v) is 10.5. The minimum absolute atomic E-state index is 0.125. The zero-order chi connectivity index (χ0) is 21.2. The van der Waals surface area contributed by atoms with Crippen LogP contribution in [0.4, 0.5) is 4.39 Å². The van der Waals surface area contributed by atoms with Crippen LogP contribution in [0.15, 0.2) is 59.5 Å². The van der Waals surface area contributed by atoms with E-state index in [9.17, 15) is 14.0 Å². The summed E-state index contributed by atoms with van der Waals surface area (Å²) >= 11 is 1.42. The predicted octanol–water partition coefficient (Wildman–Crippen LogP) is 3.01. The molecule has 0 aliphatic carbocycles. The van der Waals surface area contributed by atoms with Crippen molar-refractivity contribution in [3.8, 4) is 0 Å². The fourth-order valence-electron chi connectivity index (χ4n) is 2.74. The summed E-state index contributed by atoms with van der Waals surface area (Å²) in [6.07, 6.45) is 0. The second kappa shape index (κ2) is 11.6. The molecule has 0 saturated heterocycles. The average Bonchev–Trinajstić information content (AvgIpc) is 2.69. The Morgan fingerprint density at radius 1 is 1.03 bits per heavy atom. The molecule has 2 amide bonds. The number of nitrogens with zero attached hydrogens (tertiary/aromatic N) is 2. The van der Waals surface area contributed by atoms with Gasteiger partial charge >= 0.3 is 0 Å². The summed E-state index contributed by atoms with van der Waals surface area (Å²) in [7, 11) is 3.92. The normalized spacial score (nSPS) is 11.9. The van der Waals surface area contributed by atoms with E-state index >= 15 is 0 Å². The minimum atomic E-state index is -0.659. The Kier molecular flexibility index (Phi) is 9.15. The Morgan fingerprint density at radius 3 is 2.28 bits per heavy atom. The molecule has 1 atom stereocenters. The summed E-state index contributed by atoms with van der Waals surface area (Å²) in [4.78, 5) is 29.6. The van der Waals surface area contributed by atoms with Crippen LogP contribution < -0.4 is 5.32 Å². The van der Waals surface area contributed by atoms with E-state index in [0.717, 1.165) is 17.0 Å². The molecule has 7 heteroatoms.